The fourth-order valence-electron chi connectivity index (χ4n) is 6.62. The van der Waals surface area contributed by atoms with Gasteiger partial charge in [-0.3, -0.25) is 14.4 Å². The first-order valence-corrected chi connectivity index (χ1v) is 14.2. The fraction of sp³-hybridized carbons (Fsp3) is 0.387. The molecule has 1 N–H and O–H groups in total. The van der Waals surface area contributed by atoms with E-state index in [1.807, 2.05) is 54.6 Å². The largest absolute Gasteiger partial charge is 0.396 e. The molecule has 0 saturated carbocycles. The maximum atomic E-state index is 14.3. The molecule has 2 saturated heterocycles. The topological polar surface area (TPSA) is 90.4 Å². The van der Waals surface area contributed by atoms with Crippen LogP contribution in [-0.2, 0) is 25.7 Å². The number of anilines is 1. The van der Waals surface area contributed by atoms with Crippen LogP contribution >= 0.6 is 11.6 Å². The molecule has 1 spiro atoms. The smallest absolute Gasteiger partial charge is 0.253 e. The van der Waals surface area contributed by atoms with Crippen molar-refractivity contribution in [2.24, 2.45) is 11.8 Å². The number of aliphatic hydroxyl groups excluding tert-OH is 1. The Kier molecular flexibility index (Phi) is 7.25. The van der Waals surface area contributed by atoms with Gasteiger partial charge < -0.3 is 24.5 Å². The van der Waals surface area contributed by atoms with E-state index in [-0.39, 0.29) is 30.9 Å². The number of carbonyl (C=O) groups is 3. The molecule has 0 bridgehead atoms. The average Bonchev–Trinajstić information content (AvgIpc) is 3.27. The van der Waals surface area contributed by atoms with Crippen LogP contribution in [0.3, 0.4) is 0 Å². The Labute approximate surface area is 238 Å². The second kappa shape index (κ2) is 10.8. The van der Waals surface area contributed by atoms with Gasteiger partial charge in [-0.1, -0.05) is 66.2 Å². The highest BCUT2D eigenvalue weighted by atomic mass is 35.5. The maximum absolute atomic E-state index is 14.3. The van der Waals surface area contributed by atoms with Crippen LogP contribution in [0.1, 0.15) is 18.4 Å². The molecule has 208 valence electrons. The third-order valence-electron chi connectivity index (χ3n) is 8.40. The van der Waals surface area contributed by atoms with Crippen LogP contribution < -0.4 is 4.90 Å². The summed E-state index contributed by atoms with van der Waals surface area (Å²) in [5.74, 6) is -2.25. The average molecular weight is 562 g/mol. The molecule has 0 aromatic heterocycles. The first-order valence-electron chi connectivity index (χ1n) is 13.8. The van der Waals surface area contributed by atoms with Crippen LogP contribution in [0, 0.1) is 11.8 Å². The Morgan fingerprint density at radius 1 is 0.925 bits per heavy atom. The van der Waals surface area contributed by atoms with E-state index >= 15 is 0 Å². The van der Waals surface area contributed by atoms with Gasteiger partial charge in [0.1, 0.15) is 11.6 Å². The zero-order valence-corrected chi connectivity index (χ0v) is 22.8. The van der Waals surface area contributed by atoms with Gasteiger partial charge in [0, 0.05) is 43.5 Å². The van der Waals surface area contributed by atoms with Crippen LogP contribution in [0.15, 0.2) is 78.9 Å². The van der Waals surface area contributed by atoms with Gasteiger partial charge >= 0.3 is 0 Å². The molecule has 0 radical (unpaired) electrons. The van der Waals surface area contributed by atoms with Gasteiger partial charge in [0.2, 0.25) is 11.8 Å². The molecule has 9 heteroatoms. The van der Waals surface area contributed by atoms with Crippen molar-refractivity contribution < 1.29 is 24.2 Å². The van der Waals surface area contributed by atoms with Crippen LogP contribution in [-0.4, -0.2) is 76.6 Å². The predicted octanol–water partition coefficient (Wildman–Crippen LogP) is 3.19. The maximum Gasteiger partial charge on any atom is 0.253 e. The number of ether oxygens (including phenoxy) is 1. The molecular weight excluding hydrogens is 530 g/mol. The van der Waals surface area contributed by atoms with Gasteiger partial charge in [0.05, 0.1) is 17.9 Å². The van der Waals surface area contributed by atoms with Gasteiger partial charge in [0.15, 0.2) is 0 Å². The number of amides is 3. The first kappa shape index (κ1) is 26.7. The molecule has 2 fully saturated rings. The van der Waals surface area contributed by atoms with Crippen molar-refractivity contribution in [2.45, 2.75) is 37.1 Å². The highest BCUT2D eigenvalue weighted by Gasteiger charge is 2.71. The number of nitrogens with zero attached hydrogens (tertiary/aromatic N) is 3. The number of hydrogen-bond donors (Lipinski definition) is 1. The van der Waals surface area contributed by atoms with Gasteiger partial charge in [-0.05, 0) is 42.7 Å². The number of fused-ring (bicyclic) bond motifs is 2. The number of rotatable bonds is 7. The zero-order chi connectivity index (χ0) is 27.9. The van der Waals surface area contributed by atoms with Crippen molar-refractivity contribution in [1.82, 2.24) is 9.80 Å². The van der Waals surface area contributed by atoms with E-state index in [1.54, 1.807) is 39.0 Å². The van der Waals surface area contributed by atoms with Gasteiger partial charge in [-0.2, -0.15) is 0 Å². The minimum atomic E-state index is -1.28. The molecule has 2 aromatic carbocycles. The summed E-state index contributed by atoms with van der Waals surface area (Å²) in [6, 6.07) is 15.8. The van der Waals surface area contributed by atoms with Crippen LogP contribution in [0.25, 0.3) is 0 Å². The van der Waals surface area contributed by atoms with Crippen molar-refractivity contribution in [3.8, 4) is 0 Å². The zero-order valence-electron chi connectivity index (χ0n) is 22.1. The molecule has 4 aliphatic heterocycles. The number of benzene rings is 2. The number of likely N-dealkylation sites (tertiary alicyclic amines) is 1. The first-order chi connectivity index (χ1) is 19.4. The van der Waals surface area contributed by atoms with Gasteiger partial charge in [0.25, 0.3) is 5.91 Å². The molecule has 1 unspecified atom stereocenters. The lowest BCUT2D eigenvalue weighted by atomic mass is 9.77. The third kappa shape index (κ3) is 4.44. The Morgan fingerprint density at radius 3 is 2.45 bits per heavy atom. The molecule has 4 aliphatic rings. The van der Waals surface area contributed by atoms with Crippen molar-refractivity contribution in [3.05, 3.63) is 89.5 Å². The Hall–Kier alpha value is -3.46. The molecule has 4 heterocycles. The third-order valence-corrected chi connectivity index (χ3v) is 8.66. The van der Waals surface area contributed by atoms with Crippen molar-refractivity contribution >= 4 is 35.0 Å². The van der Waals surface area contributed by atoms with Crippen LogP contribution in [0.5, 0.6) is 0 Å². The summed E-state index contributed by atoms with van der Waals surface area (Å²) >= 11 is 6.10. The molecule has 5 atom stereocenters. The molecular formula is C31H32ClN3O5. The number of hydrogen-bond acceptors (Lipinski definition) is 5. The number of carbonyl (C=O) groups excluding carboxylic acids is 3. The predicted molar refractivity (Wildman–Crippen MR) is 150 cm³/mol. The minimum Gasteiger partial charge on any atom is -0.396 e. The summed E-state index contributed by atoms with van der Waals surface area (Å²) in [5.41, 5.74) is 0.389. The highest BCUT2D eigenvalue weighted by molar-refractivity contribution is 6.30. The fourth-order valence-corrected chi connectivity index (χ4v) is 6.75. The molecule has 40 heavy (non-hydrogen) atoms. The van der Waals surface area contributed by atoms with Gasteiger partial charge in [-0.25, -0.2) is 0 Å². The summed E-state index contributed by atoms with van der Waals surface area (Å²) in [7, 11) is 0. The standard InChI is InChI=1S/C31H32ClN3O5/c32-22-11-13-23(14-12-22)34-18-7-15-31-26(29(38)35(17-4-5-19-36)27(31)30(34)39)25-24(40-31)10-6-16-33(28(25)37)20-21-8-2-1-3-9-21/h1-3,6-15,24-27,36H,4-5,16-20H2/t24-,25+,26+,27?,31+/m1/s1. The number of unbranched alkanes of at least 4 members (excludes halogenated alkanes) is 1. The van der Waals surface area contributed by atoms with E-state index in [0.717, 1.165) is 5.56 Å². The summed E-state index contributed by atoms with van der Waals surface area (Å²) in [6.45, 7) is 1.41. The quantitative estimate of drug-likeness (QED) is 0.414. The monoisotopic (exact) mass is 561 g/mol. The van der Waals surface area contributed by atoms with Gasteiger partial charge in [-0.15, -0.1) is 0 Å². The van der Waals surface area contributed by atoms with Crippen molar-refractivity contribution in [3.63, 3.8) is 0 Å². The van der Waals surface area contributed by atoms with E-state index < -0.39 is 29.6 Å². The summed E-state index contributed by atoms with van der Waals surface area (Å²) < 4.78 is 6.69. The summed E-state index contributed by atoms with van der Waals surface area (Å²) in [6.07, 6.45) is 7.91. The second-order valence-corrected chi connectivity index (χ2v) is 11.2. The second-order valence-electron chi connectivity index (χ2n) is 10.8. The van der Waals surface area contributed by atoms with Crippen molar-refractivity contribution in [1.29, 1.82) is 0 Å². The van der Waals surface area contributed by atoms with Crippen molar-refractivity contribution in [2.75, 3.05) is 31.1 Å². The summed E-state index contributed by atoms with van der Waals surface area (Å²) in [4.78, 5) is 47.6. The normalized spacial score (nSPS) is 29.4. The van der Waals surface area contributed by atoms with E-state index in [2.05, 4.69) is 0 Å². The van der Waals surface area contributed by atoms with E-state index in [1.165, 1.54) is 0 Å². The lowest BCUT2D eigenvalue weighted by Gasteiger charge is -2.35. The molecule has 8 nitrogen and oxygen atoms in total. The molecule has 0 aliphatic carbocycles. The Bertz CT molecular complexity index is 1350. The number of halogens is 1. The lowest BCUT2D eigenvalue weighted by molar-refractivity contribution is -0.144. The Morgan fingerprint density at radius 2 is 1.70 bits per heavy atom. The lowest BCUT2D eigenvalue weighted by Crippen LogP contribution is -2.55. The van der Waals surface area contributed by atoms with E-state index in [0.29, 0.717) is 43.2 Å². The molecule has 6 rings (SSSR count). The Balaban J connectivity index is 1.38. The van der Waals surface area contributed by atoms with Crippen LogP contribution in [0.2, 0.25) is 5.02 Å². The molecule has 3 amide bonds. The molecule has 2 aromatic rings. The minimum absolute atomic E-state index is 0.00898. The van der Waals surface area contributed by atoms with E-state index in [9.17, 15) is 19.5 Å². The number of aliphatic hydroxyl groups is 1. The highest BCUT2D eigenvalue weighted by Crippen LogP contribution is 2.53. The summed E-state index contributed by atoms with van der Waals surface area (Å²) in [5, 5.41) is 9.96. The van der Waals surface area contributed by atoms with Crippen LogP contribution in [0.4, 0.5) is 5.69 Å². The SMILES string of the molecule is O=C1[C@@H]2[C@H]3C(=O)N(CCCCO)C4C(=O)N(c5ccc(Cl)cc5)CC=C[C@@]43O[C@@H]2C=CCN1Cc1ccccc1. The van der Waals surface area contributed by atoms with E-state index in [4.69, 9.17) is 16.3 Å².